The van der Waals surface area contributed by atoms with Crippen molar-refractivity contribution in [2.45, 2.75) is 0 Å². The fourth-order valence-corrected chi connectivity index (χ4v) is 0.246. The molecule has 0 heterocycles. The molecule has 0 saturated carbocycles. The van der Waals surface area contributed by atoms with Gasteiger partial charge >= 0.3 is 5.97 Å². The molecule has 0 fully saturated rings. The number of carboxylic acids is 1. The van der Waals surface area contributed by atoms with E-state index in [1.807, 2.05) is 0 Å². The van der Waals surface area contributed by atoms with E-state index in [1.54, 1.807) is 0 Å². The van der Waals surface area contributed by atoms with E-state index in [4.69, 9.17) is 10.8 Å². The maximum absolute atomic E-state index is 10.2. The van der Waals surface area contributed by atoms with Gasteiger partial charge in [0, 0.05) is 0 Å². The topological polar surface area (TPSA) is 92.4 Å². The summed E-state index contributed by atoms with van der Waals surface area (Å²) in [5.74, 6) is -1.53. The lowest BCUT2D eigenvalue weighted by atomic mass is 10.6. The maximum Gasteiger partial charge on any atom is 0.322 e. The largest absolute Gasteiger partial charge is 0.480 e. The molecule has 0 rings (SSSR count). The van der Waals surface area contributed by atoms with Crippen LogP contribution in [0.2, 0.25) is 0 Å². The maximum atomic E-state index is 10.2. The van der Waals surface area contributed by atoms with Gasteiger partial charge in [-0.3, -0.25) is 9.59 Å². The number of aliphatic carboxylic acids is 1. The fourth-order valence-electron chi connectivity index (χ4n) is 0.246. The Balaban J connectivity index is 3.28. The van der Waals surface area contributed by atoms with Crippen molar-refractivity contribution in [2.75, 3.05) is 13.1 Å². The molecular formula is C4H8N2O3. The zero-order valence-corrected chi connectivity index (χ0v) is 4.76. The van der Waals surface area contributed by atoms with Crippen molar-refractivity contribution in [1.29, 1.82) is 0 Å². The Kier molecular flexibility index (Phi) is 3.38. The quantitative estimate of drug-likeness (QED) is 0.395. The molecule has 0 radical (unpaired) electrons. The van der Waals surface area contributed by atoms with Crippen LogP contribution in [0.1, 0.15) is 0 Å². The molecule has 0 atom stereocenters. The van der Waals surface area contributed by atoms with Crippen LogP contribution in [0.5, 0.6) is 0 Å². The number of carbonyl (C=O) groups is 2. The van der Waals surface area contributed by atoms with Gasteiger partial charge in [0.05, 0.1) is 6.54 Å². The monoisotopic (exact) mass is 134 g/mol. The smallest absolute Gasteiger partial charge is 0.322 e. The summed E-state index contributed by atoms with van der Waals surface area (Å²) in [6, 6.07) is 0. The Morgan fingerprint density at radius 2 is 2.11 bits per heavy atom. The molecule has 0 bridgehead atoms. The fraction of sp³-hybridized carbons (Fsp3) is 0.500. The molecule has 0 aromatic carbocycles. The van der Waals surface area contributed by atoms with Gasteiger partial charge in [-0.2, -0.15) is 0 Å². The van der Waals surface area contributed by atoms with Crippen molar-refractivity contribution in [2.24, 2.45) is 5.73 Å². The molecule has 0 aliphatic carbocycles. The average Bonchev–Trinajstić information content (AvgIpc) is 1.83. The predicted molar refractivity (Wildman–Crippen MR) is 29.7 cm³/mol. The van der Waals surface area contributed by atoms with Crippen LogP contribution in [0.3, 0.4) is 0 Å². The number of carboxylic acid groups (broad SMARTS) is 1. The second-order valence-electron chi connectivity index (χ2n) is 1.37. The summed E-state index contributed by atoms with van der Waals surface area (Å²) in [4.78, 5) is 20.0. The number of rotatable bonds is 3. The highest BCUT2D eigenvalue weighted by atomic mass is 16.4. The molecule has 9 heavy (non-hydrogen) atoms. The van der Waals surface area contributed by atoms with Gasteiger partial charge in [-0.15, -0.1) is 0 Å². The molecule has 1 amide bonds. The lowest BCUT2D eigenvalue weighted by molar-refractivity contribution is -0.137. The van der Waals surface area contributed by atoms with E-state index in [0.29, 0.717) is 0 Å². The van der Waals surface area contributed by atoms with Crippen molar-refractivity contribution in [3.05, 3.63) is 0 Å². The third kappa shape index (κ3) is 4.76. The lowest BCUT2D eigenvalue weighted by Crippen LogP contribution is -2.34. The molecule has 52 valence electrons. The zero-order chi connectivity index (χ0) is 7.28. The highest BCUT2D eigenvalue weighted by molar-refractivity contribution is 5.82. The van der Waals surface area contributed by atoms with Crippen molar-refractivity contribution >= 4 is 11.9 Å². The summed E-state index contributed by atoms with van der Waals surface area (Å²) in [6.07, 6.45) is 0. The first-order valence-corrected chi connectivity index (χ1v) is 2.35. The Hall–Kier alpha value is -1.10. The van der Waals surface area contributed by atoms with E-state index in [-0.39, 0.29) is 13.1 Å². The summed E-state index contributed by atoms with van der Waals surface area (Å²) in [5, 5.41) is 10.1. The van der Waals surface area contributed by atoms with E-state index in [1.165, 1.54) is 0 Å². The second-order valence-corrected chi connectivity index (χ2v) is 1.37. The number of nitrogens with one attached hydrogen (secondary N) is 1. The van der Waals surface area contributed by atoms with Gasteiger partial charge in [0.2, 0.25) is 5.91 Å². The number of amides is 1. The Morgan fingerprint density at radius 1 is 1.56 bits per heavy atom. The summed E-state index contributed by atoms with van der Waals surface area (Å²) in [6.45, 7) is -0.538. The normalized spacial score (nSPS) is 8.56. The van der Waals surface area contributed by atoms with Crippen LogP contribution in [0.25, 0.3) is 0 Å². The standard InChI is InChI=1S/C4H8N2O3/c5-1-3(7)6-2-4(8)9/h1-2,5H2,(H,6,7)(H,8,9)/i5+1,6+1. The molecule has 0 aliphatic heterocycles. The highest BCUT2D eigenvalue weighted by Crippen LogP contribution is 1.60. The van der Waals surface area contributed by atoms with Crippen molar-refractivity contribution in [1.82, 2.24) is 5.32 Å². The minimum absolute atomic E-state index is 0.173. The summed E-state index contributed by atoms with van der Waals surface area (Å²) >= 11 is 0. The molecular weight excluding hydrogens is 126 g/mol. The number of hydrogen-bond acceptors (Lipinski definition) is 3. The van der Waals surface area contributed by atoms with Gasteiger partial charge in [-0.05, 0) is 0 Å². The van der Waals surface area contributed by atoms with Crippen molar-refractivity contribution in [3.8, 4) is 0 Å². The first-order chi connectivity index (χ1) is 4.16. The SMILES string of the molecule is [15NH2]CC(=O)[15NH]CC(=O)O. The molecule has 0 aromatic heterocycles. The third-order valence-corrected chi connectivity index (χ3v) is 0.622. The number of carbonyl (C=O) groups excluding carboxylic acids is 1. The molecule has 4 N–H and O–H groups in total. The average molecular weight is 134 g/mol. The van der Waals surface area contributed by atoms with Crippen LogP contribution in [0, 0.1) is 0 Å². The molecule has 5 heteroatoms. The van der Waals surface area contributed by atoms with Gasteiger partial charge in [0.15, 0.2) is 0 Å². The van der Waals surface area contributed by atoms with E-state index in [2.05, 4.69) is 5.32 Å². The molecule has 0 aliphatic rings. The van der Waals surface area contributed by atoms with Gasteiger partial charge in [0.1, 0.15) is 6.54 Å². The zero-order valence-electron chi connectivity index (χ0n) is 4.76. The van der Waals surface area contributed by atoms with E-state index < -0.39 is 11.9 Å². The van der Waals surface area contributed by atoms with Gasteiger partial charge in [0.25, 0.3) is 0 Å². The Labute approximate surface area is 51.8 Å². The first-order valence-electron chi connectivity index (χ1n) is 2.35. The summed E-state index contributed by atoms with van der Waals surface area (Å²) in [7, 11) is 0. The minimum Gasteiger partial charge on any atom is -0.480 e. The van der Waals surface area contributed by atoms with E-state index >= 15 is 0 Å². The van der Waals surface area contributed by atoms with E-state index in [9.17, 15) is 9.59 Å². The molecule has 0 saturated heterocycles. The van der Waals surface area contributed by atoms with Crippen LogP contribution in [-0.4, -0.2) is 30.1 Å². The number of nitrogens with two attached hydrogens (primary N) is 1. The molecule has 0 spiro atoms. The van der Waals surface area contributed by atoms with Gasteiger partial charge < -0.3 is 16.2 Å². The predicted octanol–water partition coefficient (Wildman–Crippen LogP) is -1.85. The van der Waals surface area contributed by atoms with Crippen molar-refractivity contribution < 1.29 is 14.7 Å². The van der Waals surface area contributed by atoms with Crippen LogP contribution < -0.4 is 11.1 Å². The second kappa shape index (κ2) is 3.85. The lowest BCUT2D eigenvalue weighted by Gasteiger charge is -1.95. The Bertz CT molecular complexity index is 123. The molecule has 0 unspecified atom stereocenters. The third-order valence-electron chi connectivity index (χ3n) is 0.622. The minimum atomic E-state index is -1.07. The highest BCUT2D eigenvalue weighted by Gasteiger charge is 1.98. The van der Waals surface area contributed by atoms with E-state index in [0.717, 1.165) is 0 Å². The van der Waals surface area contributed by atoms with Crippen molar-refractivity contribution in [3.63, 3.8) is 0 Å². The van der Waals surface area contributed by atoms with Crippen LogP contribution in [-0.2, 0) is 9.59 Å². The van der Waals surface area contributed by atoms with Gasteiger partial charge in [-0.25, -0.2) is 0 Å². The van der Waals surface area contributed by atoms with Crippen LogP contribution in [0.4, 0.5) is 0 Å². The van der Waals surface area contributed by atoms with Gasteiger partial charge in [-0.1, -0.05) is 0 Å². The first kappa shape index (κ1) is 7.90. The number of hydrogen-bond donors (Lipinski definition) is 3. The van der Waals surface area contributed by atoms with Crippen LogP contribution >= 0.6 is 0 Å². The molecule has 5 nitrogen and oxygen atoms in total. The summed E-state index contributed by atoms with van der Waals surface area (Å²) < 4.78 is 0. The van der Waals surface area contributed by atoms with Crippen LogP contribution in [0.15, 0.2) is 0 Å². The summed E-state index contributed by atoms with van der Waals surface area (Å²) in [5.41, 5.74) is 4.85. The molecule has 0 aromatic rings. The Morgan fingerprint density at radius 3 is 2.44 bits per heavy atom.